The quantitative estimate of drug-likeness (QED) is 0.701. The lowest BCUT2D eigenvalue weighted by molar-refractivity contribution is -0.145. The van der Waals surface area contributed by atoms with Gasteiger partial charge in [0, 0.05) is 31.1 Å². The molecule has 0 saturated carbocycles. The number of hydrogen-bond acceptors (Lipinski definition) is 5. The van der Waals surface area contributed by atoms with E-state index in [1.807, 2.05) is 20.8 Å². The highest BCUT2D eigenvalue weighted by molar-refractivity contribution is 5.97. The van der Waals surface area contributed by atoms with Crippen molar-refractivity contribution in [2.24, 2.45) is 5.41 Å². The smallest absolute Gasteiger partial charge is 0.251 e. The maximum Gasteiger partial charge on any atom is 0.251 e. The molecule has 3 aliphatic rings. The van der Waals surface area contributed by atoms with Gasteiger partial charge >= 0.3 is 0 Å². The van der Waals surface area contributed by atoms with Gasteiger partial charge in [-0.2, -0.15) is 0 Å². The van der Waals surface area contributed by atoms with Gasteiger partial charge in [0.1, 0.15) is 17.8 Å². The second-order valence-electron chi connectivity index (χ2n) is 10.3. The van der Waals surface area contributed by atoms with E-state index in [4.69, 9.17) is 4.74 Å². The van der Waals surface area contributed by atoms with Crippen LogP contribution in [0.25, 0.3) is 0 Å². The average molecular weight is 457 g/mol. The maximum atomic E-state index is 13.5. The van der Waals surface area contributed by atoms with E-state index in [9.17, 15) is 19.2 Å². The number of fused-ring (bicyclic) bond motifs is 2. The number of ether oxygens (including phenoxy) is 1. The first kappa shape index (κ1) is 23.1. The third-order valence-electron chi connectivity index (χ3n) is 6.55. The second-order valence-corrected chi connectivity index (χ2v) is 10.3. The minimum atomic E-state index is -0.690. The van der Waals surface area contributed by atoms with Gasteiger partial charge in [0.15, 0.2) is 0 Å². The molecule has 4 rings (SSSR count). The summed E-state index contributed by atoms with van der Waals surface area (Å²) in [6.07, 6.45) is 1.24. The monoisotopic (exact) mass is 456 g/mol. The fraction of sp³-hybridized carbons (Fsp3) is 0.583. The fourth-order valence-corrected chi connectivity index (χ4v) is 4.98. The summed E-state index contributed by atoms with van der Waals surface area (Å²) in [5.41, 5.74) is 0.280. The van der Waals surface area contributed by atoms with Crippen LogP contribution in [-0.2, 0) is 14.4 Å². The Bertz CT molecular complexity index is 955. The molecule has 9 nitrogen and oxygen atoms in total. The maximum absolute atomic E-state index is 13.5. The average Bonchev–Trinajstić information content (AvgIpc) is 3.34. The van der Waals surface area contributed by atoms with Crippen LogP contribution < -0.4 is 15.4 Å². The molecule has 0 aromatic heterocycles. The first-order chi connectivity index (χ1) is 15.6. The standard InChI is InChI=1S/C24H32N4O5/c1-24(2,3)12-19(29)27-10-9-17-20(27)23(32)28-13-15(11-18(28)22(31)26-17)25-21(30)14-5-7-16(33-4)8-6-14/h5-8,15,17-18,20H,9-13H2,1-4H3,(H,25,30)(H,26,31)/t15-,17-,18+,20-/m0/s1. The van der Waals surface area contributed by atoms with Crippen molar-refractivity contribution in [1.29, 1.82) is 0 Å². The number of amides is 4. The zero-order valence-electron chi connectivity index (χ0n) is 19.6. The van der Waals surface area contributed by atoms with Gasteiger partial charge in [-0.3, -0.25) is 19.2 Å². The molecular weight excluding hydrogens is 424 g/mol. The summed E-state index contributed by atoms with van der Waals surface area (Å²) in [4.78, 5) is 55.2. The lowest BCUT2D eigenvalue weighted by atomic mass is 9.91. The van der Waals surface area contributed by atoms with E-state index >= 15 is 0 Å². The van der Waals surface area contributed by atoms with E-state index < -0.39 is 12.1 Å². The van der Waals surface area contributed by atoms with Crippen LogP contribution in [0.3, 0.4) is 0 Å². The van der Waals surface area contributed by atoms with Crippen molar-refractivity contribution >= 4 is 23.6 Å². The zero-order valence-corrected chi connectivity index (χ0v) is 19.6. The van der Waals surface area contributed by atoms with Gasteiger partial charge in [-0.15, -0.1) is 0 Å². The molecule has 178 valence electrons. The van der Waals surface area contributed by atoms with Crippen molar-refractivity contribution in [1.82, 2.24) is 20.4 Å². The number of carbonyl (C=O) groups is 4. The Hall–Kier alpha value is -3.10. The van der Waals surface area contributed by atoms with E-state index in [0.29, 0.717) is 37.1 Å². The molecule has 3 heterocycles. The van der Waals surface area contributed by atoms with Gasteiger partial charge in [0.05, 0.1) is 13.2 Å². The van der Waals surface area contributed by atoms with E-state index in [0.717, 1.165) is 0 Å². The van der Waals surface area contributed by atoms with Gasteiger partial charge in [-0.05, 0) is 42.5 Å². The summed E-state index contributed by atoms with van der Waals surface area (Å²) in [5.74, 6) is -0.125. The highest BCUT2D eigenvalue weighted by Gasteiger charge is 2.52. The summed E-state index contributed by atoms with van der Waals surface area (Å²) in [6, 6.07) is 4.69. The number of likely N-dealkylation sites (tertiary alicyclic amines) is 1. The summed E-state index contributed by atoms with van der Waals surface area (Å²) < 4.78 is 5.12. The first-order valence-corrected chi connectivity index (χ1v) is 11.4. The summed E-state index contributed by atoms with van der Waals surface area (Å²) >= 11 is 0. The van der Waals surface area contributed by atoms with Gasteiger partial charge < -0.3 is 25.2 Å². The fourth-order valence-electron chi connectivity index (χ4n) is 4.98. The summed E-state index contributed by atoms with van der Waals surface area (Å²) in [6.45, 7) is 6.65. The summed E-state index contributed by atoms with van der Waals surface area (Å²) in [7, 11) is 1.56. The molecule has 33 heavy (non-hydrogen) atoms. The number of nitrogens with one attached hydrogen (secondary N) is 2. The van der Waals surface area contributed by atoms with E-state index in [-0.39, 0.29) is 47.7 Å². The van der Waals surface area contributed by atoms with E-state index in [1.54, 1.807) is 41.2 Å². The van der Waals surface area contributed by atoms with Crippen molar-refractivity contribution in [3.05, 3.63) is 29.8 Å². The van der Waals surface area contributed by atoms with E-state index in [1.165, 1.54) is 0 Å². The topological polar surface area (TPSA) is 108 Å². The predicted octanol–water partition coefficient (Wildman–Crippen LogP) is 0.930. The summed E-state index contributed by atoms with van der Waals surface area (Å²) in [5, 5.41) is 5.93. The molecule has 0 spiro atoms. The number of benzene rings is 1. The third-order valence-corrected chi connectivity index (χ3v) is 6.55. The zero-order chi connectivity index (χ0) is 23.9. The molecule has 1 aromatic carbocycles. The van der Waals surface area contributed by atoms with Crippen molar-refractivity contribution in [2.75, 3.05) is 20.2 Å². The molecule has 0 aliphatic carbocycles. The van der Waals surface area contributed by atoms with Crippen LogP contribution in [0.1, 0.15) is 50.4 Å². The molecule has 0 radical (unpaired) electrons. The Labute approximate surface area is 193 Å². The Kier molecular flexibility index (Phi) is 6.07. The van der Waals surface area contributed by atoms with Crippen LogP contribution in [0.15, 0.2) is 24.3 Å². The number of methoxy groups -OCH3 is 1. The van der Waals surface area contributed by atoms with Gasteiger partial charge in [0.2, 0.25) is 17.7 Å². The van der Waals surface area contributed by atoms with Gasteiger partial charge in [-0.1, -0.05) is 20.8 Å². The molecule has 1 aromatic rings. The Balaban J connectivity index is 1.47. The van der Waals surface area contributed by atoms with Crippen LogP contribution in [0.4, 0.5) is 0 Å². The highest BCUT2D eigenvalue weighted by Crippen LogP contribution is 2.31. The van der Waals surface area contributed by atoms with Crippen molar-refractivity contribution in [2.45, 2.75) is 64.2 Å². The lowest BCUT2D eigenvalue weighted by Crippen LogP contribution is -2.53. The number of nitrogens with zero attached hydrogens (tertiary/aromatic N) is 2. The highest BCUT2D eigenvalue weighted by atomic mass is 16.5. The lowest BCUT2D eigenvalue weighted by Gasteiger charge is -2.31. The van der Waals surface area contributed by atoms with Crippen LogP contribution in [0.5, 0.6) is 5.75 Å². The predicted molar refractivity (Wildman–Crippen MR) is 120 cm³/mol. The van der Waals surface area contributed by atoms with E-state index in [2.05, 4.69) is 10.6 Å². The Morgan fingerprint density at radius 1 is 1.18 bits per heavy atom. The number of rotatable bonds is 4. The molecular formula is C24H32N4O5. The Morgan fingerprint density at radius 3 is 2.52 bits per heavy atom. The molecule has 4 atom stereocenters. The second kappa shape index (κ2) is 8.68. The molecule has 3 fully saturated rings. The molecule has 0 bridgehead atoms. The van der Waals surface area contributed by atoms with Crippen molar-refractivity contribution in [3.63, 3.8) is 0 Å². The first-order valence-electron chi connectivity index (χ1n) is 11.4. The third kappa shape index (κ3) is 4.67. The number of hydrogen-bond donors (Lipinski definition) is 2. The SMILES string of the molecule is COc1ccc(C(=O)N[C@H]2C[C@@H]3C(=O)N[C@H]4CCN(C(=O)CC(C)(C)C)[C@@H]4C(=O)N3C2)cc1. The number of carbonyl (C=O) groups excluding carboxylic acids is 4. The largest absolute Gasteiger partial charge is 0.497 e. The van der Waals surface area contributed by atoms with Crippen molar-refractivity contribution in [3.8, 4) is 5.75 Å². The Morgan fingerprint density at radius 2 is 1.88 bits per heavy atom. The van der Waals surface area contributed by atoms with Crippen LogP contribution >= 0.6 is 0 Å². The molecule has 3 saturated heterocycles. The van der Waals surface area contributed by atoms with Crippen LogP contribution in [0.2, 0.25) is 0 Å². The van der Waals surface area contributed by atoms with Gasteiger partial charge in [0.25, 0.3) is 5.91 Å². The normalized spacial score (nSPS) is 26.9. The minimum Gasteiger partial charge on any atom is -0.497 e. The molecule has 9 heteroatoms. The minimum absolute atomic E-state index is 0.0698. The van der Waals surface area contributed by atoms with Crippen molar-refractivity contribution < 1.29 is 23.9 Å². The van der Waals surface area contributed by atoms with Crippen LogP contribution in [0, 0.1) is 5.41 Å². The van der Waals surface area contributed by atoms with Gasteiger partial charge in [-0.25, -0.2) is 0 Å². The molecule has 3 aliphatic heterocycles. The molecule has 4 amide bonds. The van der Waals surface area contributed by atoms with Crippen LogP contribution in [-0.4, -0.2) is 77.8 Å². The molecule has 2 N–H and O–H groups in total. The molecule has 0 unspecified atom stereocenters.